The van der Waals surface area contributed by atoms with E-state index in [2.05, 4.69) is 37.9 Å². The Hall–Kier alpha value is -1.78. The van der Waals surface area contributed by atoms with Crippen molar-refractivity contribution in [3.05, 3.63) is 24.0 Å². The standard InChI is InChI=1S/C30H40FN3O/c1-16-5-7-21-19-10-12-30(4)27(20(19)9-11-29(21,3)14-16)25-17(2)26(25)28(30)24(35)15-34-32-22-8-6-18(31)13-23(22)33-34/h6,8,13,16-17,19-21,25-28H,5,7,9-12,14-15H2,1-4H3/t16-,17-,19?,20+,21+,25+,26-,27?,28-,29+,30-/m0/s1. The third-order valence-electron chi connectivity index (χ3n) is 12.1. The smallest absolute Gasteiger partial charge is 0.160 e. The Morgan fingerprint density at radius 3 is 2.63 bits per heavy atom. The molecule has 7 rings (SSSR count). The van der Waals surface area contributed by atoms with E-state index in [-0.39, 0.29) is 23.7 Å². The van der Waals surface area contributed by atoms with Crippen molar-refractivity contribution >= 4 is 16.8 Å². The molecule has 2 aromatic rings. The summed E-state index contributed by atoms with van der Waals surface area (Å²) < 4.78 is 13.6. The second kappa shape index (κ2) is 7.38. The Labute approximate surface area is 208 Å². The topological polar surface area (TPSA) is 47.8 Å². The summed E-state index contributed by atoms with van der Waals surface area (Å²) >= 11 is 0. The molecule has 11 atom stereocenters. The molecule has 188 valence electrons. The fraction of sp³-hybridized carbons (Fsp3) is 0.767. The number of aromatic nitrogens is 3. The monoisotopic (exact) mass is 477 g/mol. The molecule has 2 unspecified atom stereocenters. The summed E-state index contributed by atoms with van der Waals surface area (Å²) in [5.41, 5.74) is 1.84. The number of rotatable bonds is 3. The van der Waals surface area contributed by atoms with E-state index in [0.717, 1.165) is 29.6 Å². The minimum Gasteiger partial charge on any atom is -0.297 e. The van der Waals surface area contributed by atoms with Crippen LogP contribution in [0.15, 0.2) is 18.2 Å². The molecule has 1 heterocycles. The maximum atomic E-state index is 13.9. The lowest BCUT2D eigenvalue weighted by Crippen LogP contribution is -2.54. The van der Waals surface area contributed by atoms with E-state index >= 15 is 0 Å². The summed E-state index contributed by atoms with van der Waals surface area (Å²) in [5.74, 6) is 6.21. The Kier molecular flexibility index (Phi) is 4.73. The molecule has 5 aliphatic carbocycles. The van der Waals surface area contributed by atoms with Crippen LogP contribution in [0.2, 0.25) is 0 Å². The first kappa shape index (κ1) is 22.4. The Bertz CT molecular complexity index is 1190. The highest BCUT2D eigenvalue weighted by atomic mass is 19.1. The highest BCUT2D eigenvalue weighted by molar-refractivity contribution is 5.83. The molecule has 5 aliphatic rings. The third-order valence-corrected chi connectivity index (χ3v) is 12.1. The van der Waals surface area contributed by atoms with Gasteiger partial charge in [-0.05, 0) is 109 Å². The fourth-order valence-corrected chi connectivity index (χ4v) is 10.9. The van der Waals surface area contributed by atoms with Crippen molar-refractivity contribution in [3.8, 4) is 0 Å². The van der Waals surface area contributed by atoms with Crippen molar-refractivity contribution in [2.45, 2.75) is 79.2 Å². The third kappa shape index (κ3) is 3.11. The van der Waals surface area contributed by atoms with E-state index < -0.39 is 0 Å². The van der Waals surface area contributed by atoms with Gasteiger partial charge in [-0.3, -0.25) is 4.79 Å². The number of carbonyl (C=O) groups is 1. The molecule has 0 radical (unpaired) electrons. The zero-order valence-corrected chi connectivity index (χ0v) is 21.7. The summed E-state index contributed by atoms with van der Waals surface area (Å²) in [5, 5.41) is 8.93. The van der Waals surface area contributed by atoms with Gasteiger partial charge in [-0.25, -0.2) is 4.39 Å². The van der Waals surface area contributed by atoms with Crippen LogP contribution >= 0.6 is 0 Å². The first-order valence-electron chi connectivity index (χ1n) is 14.2. The Morgan fingerprint density at radius 1 is 1.03 bits per heavy atom. The molecule has 0 aliphatic heterocycles. The van der Waals surface area contributed by atoms with Crippen LogP contribution in [0.1, 0.15) is 72.6 Å². The molecule has 35 heavy (non-hydrogen) atoms. The van der Waals surface area contributed by atoms with Crippen LogP contribution in [0, 0.1) is 69.9 Å². The molecule has 4 nitrogen and oxygen atoms in total. The number of nitrogens with zero attached hydrogens (tertiary/aromatic N) is 3. The molecule has 0 bridgehead atoms. The number of ketones is 1. The van der Waals surface area contributed by atoms with Crippen LogP contribution in [0.5, 0.6) is 0 Å². The summed E-state index contributed by atoms with van der Waals surface area (Å²) in [7, 11) is 0. The van der Waals surface area contributed by atoms with Crippen LogP contribution in [0.3, 0.4) is 0 Å². The van der Waals surface area contributed by atoms with Crippen LogP contribution in [0.25, 0.3) is 11.0 Å². The van der Waals surface area contributed by atoms with Gasteiger partial charge in [0.15, 0.2) is 5.78 Å². The van der Waals surface area contributed by atoms with E-state index in [1.54, 1.807) is 6.07 Å². The quantitative estimate of drug-likeness (QED) is 0.504. The number of fused-ring (bicyclic) bond motifs is 8. The summed E-state index contributed by atoms with van der Waals surface area (Å²) in [4.78, 5) is 15.4. The molecule has 0 saturated heterocycles. The van der Waals surface area contributed by atoms with Crippen molar-refractivity contribution in [1.29, 1.82) is 0 Å². The maximum Gasteiger partial charge on any atom is 0.160 e. The Morgan fingerprint density at radius 2 is 1.80 bits per heavy atom. The van der Waals surface area contributed by atoms with E-state index in [1.165, 1.54) is 61.9 Å². The molecule has 1 aromatic carbocycles. The summed E-state index contributed by atoms with van der Waals surface area (Å²) in [6.45, 7) is 10.1. The lowest BCUT2D eigenvalue weighted by molar-refractivity contribution is -0.139. The predicted molar refractivity (Wildman–Crippen MR) is 134 cm³/mol. The van der Waals surface area contributed by atoms with Gasteiger partial charge in [0, 0.05) is 12.0 Å². The van der Waals surface area contributed by atoms with Gasteiger partial charge >= 0.3 is 0 Å². The van der Waals surface area contributed by atoms with Gasteiger partial charge in [-0.1, -0.05) is 34.1 Å². The molecular weight excluding hydrogens is 437 g/mol. The van der Waals surface area contributed by atoms with Crippen molar-refractivity contribution in [1.82, 2.24) is 15.0 Å². The number of benzene rings is 1. The van der Waals surface area contributed by atoms with Crippen LogP contribution in [-0.2, 0) is 11.3 Å². The van der Waals surface area contributed by atoms with E-state index in [9.17, 15) is 9.18 Å². The number of carbonyl (C=O) groups excluding carboxylic acids is 1. The van der Waals surface area contributed by atoms with Crippen molar-refractivity contribution in [2.75, 3.05) is 0 Å². The zero-order chi connectivity index (χ0) is 24.3. The average Bonchev–Trinajstić information content (AvgIpc) is 3.13. The van der Waals surface area contributed by atoms with Crippen molar-refractivity contribution < 1.29 is 9.18 Å². The highest BCUT2D eigenvalue weighted by Gasteiger charge is 2.74. The molecule has 0 spiro atoms. The van der Waals surface area contributed by atoms with Gasteiger partial charge in [-0.2, -0.15) is 15.0 Å². The van der Waals surface area contributed by atoms with Crippen LogP contribution < -0.4 is 0 Å². The predicted octanol–water partition coefficient (Wildman–Crippen LogP) is 6.54. The summed E-state index contributed by atoms with van der Waals surface area (Å²) in [6, 6.07) is 4.46. The molecule has 1 aromatic heterocycles. The normalized spacial score (nSPS) is 48.1. The van der Waals surface area contributed by atoms with Gasteiger partial charge in [0.05, 0.1) is 0 Å². The molecule has 5 fully saturated rings. The fourth-order valence-electron chi connectivity index (χ4n) is 10.9. The summed E-state index contributed by atoms with van der Waals surface area (Å²) in [6.07, 6.45) is 9.53. The molecule has 5 heteroatoms. The van der Waals surface area contributed by atoms with Crippen molar-refractivity contribution in [2.24, 2.45) is 64.1 Å². The number of Topliss-reactive ketones (excluding diaryl/α,β-unsaturated/α-hetero) is 1. The minimum atomic E-state index is -0.315. The number of halogens is 1. The van der Waals surface area contributed by atoms with E-state index in [4.69, 9.17) is 0 Å². The zero-order valence-electron chi connectivity index (χ0n) is 21.7. The van der Waals surface area contributed by atoms with Crippen LogP contribution in [0.4, 0.5) is 4.39 Å². The second-order valence-corrected chi connectivity index (χ2v) is 13.9. The molecule has 5 saturated carbocycles. The Balaban J connectivity index is 1.16. The van der Waals surface area contributed by atoms with Gasteiger partial charge in [0.1, 0.15) is 23.4 Å². The molecule has 0 amide bonds. The van der Waals surface area contributed by atoms with Gasteiger partial charge in [0.2, 0.25) is 0 Å². The lowest BCUT2D eigenvalue weighted by atomic mass is 9.44. The van der Waals surface area contributed by atoms with Crippen LogP contribution in [-0.4, -0.2) is 20.8 Å². The first-order valence-corrected chi connectivity index (χ1v) is 14.2. The van der Waals surface area contributed by atoms with Gasteiger partial charge in [0.25, 0.3) is 0 Å². The van der Waals surface area contributed by atoms with Gasteiger partial charge in [-0.15, -0.1) is 0 Å². The number of hydrogen-bond donors (Lipinski definition) is 0. The SMILES string of the molecule is C[C@H]1CC[C@@H]2C3CC[C@@]4(C)C([C@@H]3CC[C@]2(C)C1)[C@@H]1[C@H](C)[C@@H]1[C@@H]4C(=O)Cn1nc2ccc(F)cc2n1. The average molecular weight is 478 g/mol. The second-order valence-electron chi connectivity index (χ2n) is 13.9. The van der Waals surface area contributed by atoms with E-state index in [1.807, 2.05) is 0 Å². The largest absolute Gasteiger partial charge is 0.297 e. The van der Waals surface area contributed by atoms with E-state index in [0.29, 0.717) is 40.0 Å². The lowest BCUT2D eigenvalue weighted by Gasteiger charge is -2.60. The maximum absolute atomic E-state index is 13.9. The molecule has 0 N–H and O–H groups in total. The number of hydrogen-bond acceptors (Lipinski definition) is 3. The van der Waals surface area contributed by atoms with Gasteiger partial charge < -0.3 is 0 Å². The first-order chi connectivity index (χ1) is 16.7. The van der Waals surface area contributed by atoms with Crippen molar-refractivity contribution in [3.63, 3.8) is 0 Å². The highest BCUT2D eigenvalue weighted by Crippen LogP contribution is 2.77. The minimum absolute atomic E-state index is 0.120. The molecular formula is C30H40FN3O.